The Morgan fingerprint density at radius 3 is 2.72 bits per heavy atom. The predicted molar refractivity (Wildman–Crippen MR) is 97.7 cm³/mol. The fourth-order valence-electron chi connectivity index (χ4n) is 3.31. The van der Waals surface area contributed by atoms with E-state index in [1.807, 2.05) is 42.5 Å². The zero-order valence-corrected chi connectivity index (χ0v) is 14.5. The molecule has 1 aromatic carbocycles. The Morgan fingerprint density at radius 2 is 1.92 bits per heavy atom. The van der Waals surface area contributed by atoms with Crippen LogP contribution in [0.3, 0.4) is 0 Å². The average Bonchev–Trinajstić information content (AvgIpc) is 2.91. The second kappa shape index (κ2) is 6.86. The van der Waals surface area contributed by atoms with Crippen LogP contribution in [0.1, 0.15) is 22.5 Å². The van der Waals surface area contributed by atoms with E-state index < -0.39 is 0 Å². The molecule has 128 valence electrons. The first kappa shape index (κ1) is 16.1. The summed E-state index contributed by atoms with van der Waals surface area (Å²) in [6, 6.07) is 15.7. The molecule has 0 unspecified atom stereocenters. The van der Waals surface area contributed by atoms with Crippen LogP contribution in [0.15, 0.2) is 53.3 Å². The molecule has 0 saturated carbocycles. The molecule has 0 saturated heterocycles. The number of nitrogens with zero attached hydrogens (tertiary/aromatic N) is 3. The summed E-state index contributed by atoms with van der Waals surface area (Å²) in [5.41, 5.74) is 4.07. The van der Waals surface area contributed by atoms with Crippen LogP contribution in [0.2, 0.25) is 5.15 Å². The summed E-state index contributed by atoms with van der Waals surface area (Å²) >= 11 is 5.96. The number of H-pyrrole nitrogens is 1. The van der Waals surface area contributed by atoms with E-state index >= 15 is 0 Å². The van der Waals surface area contributed by atoms with Gasteiger partial charge in [-0.15, -0.1) is 0 Å². The van der Waals surface area contributed by atoms with Crippen LogP contribution in [0, 0.1) is 0 Å². The lowest BCUT2D eigenvalue weighted by atomic mass is 10.1. The van der Waals surface area contributed by atoms with Gasteiger partial charge in [-0.05, 0) is 24.1 Å². The number of hydrogen-bond donors (Lipinski definition) is 1. The molecule has 1 aliphatic heterocycles. The molecule has 25 heavy (non-hydrogen) atoms. The van der Waals surface area contributed by atoms with Crippen molar-refractivity contribution in [1.82, 2.24) is 19.7 Å². The zero-order chi connectivity index (χ0) is 17.2. The van der Waals surface area contributed by atoms with Gasteiger partial charge in [-0.2, -0.15) is 0 Å². The zero-order valence-electron chi connectivity index (χ0n) is 13.8. The summed E-state index contributed by atoms with van der Waals surface area (Å²) in [7, 11) is 0. The van der Waals surface area contributed by atoms with Gasteiger partial charge in [-0.3, -0.25) is 14.8 Å². The highest BCUT2D eigenvalue weighted by Crippen LogP contribution is 2.17. The molecule has 5 nitrogen and oxygen atoms in total. The number of pyridine rings is 1. The molecule has 3 aromatic rings. The van der Waals surface area contributed by atoms with Gasteiger partial charge in [0.15, 0.2) is 0 Å². The number of hydrogen-bond acceptors (Lipinski definition) is 3. The van der Waals surface area contributed by atoms with Crippen molar-refractivity contribution < 1.29 is 0 Å². The number of aromatic amines is 1. The van der Waals surface area contributed by atoms with Gasteiger partial charge < -0.3 is 0 Å². The maximum absolute atomic E-state index is 12.6. The summed E-state index contributed by atoms with van der Waals surface area (Å²) < 4.78 is 1.71. The monoisotopic (exact) mass is 354 g/mol. The van der Waals surface area contributed by atoms with Crippen molar-refractivity contribution in [1.29, 1.82) is 0 Å². The maximum atomic E-state index is 12.6. The number of rotatable bonds is 4. The SMILES string of the molecule is O=c1c2c([nH]n1Cc1ccccc1)CN(Cc1cccc(Cl)n1)CC2. The van der Waals surface area contributed by atoms with Gasteiger partial charge in [0.25, 0.3) is 5.56 Å². The molecule has 0 atom stereocenters. The van der Waals surface area contributed by atoms with E-state index in [4.69, 9.17) is 11.6 Å². The van der Waals surface area contributed by atoms with E-state index in [9.17, 15) is 4.79 Å². The lowest BCUT2D eigenvalue weighted by molar-refractivity contribution is 0.239. The minimum atomic E-state index is 0.0967. The molecule has 0 radical (unpaired) electrons. The van der Waals surface area contributed by atoms with Crippen molar-refractivity contribution in [3.63, 3.8) is 0 Å². The van der Waals surface area contributed by atoms with Crippen LogP contribution < -0.4 is 5.56 Å². The Labute approximate surface area is 150 Å². The third-order valence-electron chi connectivity index (χ3n) is 4.54. The number of aromatic nitrogens is 3. The number of fused-ring (bicyclic) bond motifs is 1. The molecule has 6 heteroatoms. The smallest absolute Gasteiger partial charge is 0.270 e. The number of halogens is 1. The number of nitrogens with one attached hydrogen (secondary N) is 1. The Balaban J connectivity index is 1.51. The Bertz CT molecular complexity index is 932. The van der Waals surface area contributed by atoms with Crippen molar-refractivity contribution in [2.75, 3.05) is 6.54 Å². The lowest BCUT2D eigenvalue weighted by Crippen LogP contribution is -2.32. The molecule has 2 aromatic heterocycles. The Hall–Kier alpha value is -2.37. The highest BCUT2D eigenvalue weighted by molar-refractivity contribution is 6.29. The van der Waals surface area contributed by atoms with Crippen LogP contribution >= 0.6 is 11.6 Å². The van der Waals surface area contributed by atoms with Crippen molar-refractivity contribution in [3.8, 4) is 0 Å². The molecular formula is C19H19ClN4O. The van der Waals surface area contributed by atoms with Gasteiger partial charge in [-0.25, -0.2) is 9.67 Å². The average molecular weight is 355 g/mol. The maximum Gasteiger partial charge on any atom is 0.270 e. The fraction of sp³-hybridized carbons (Fsp3) is 0.263. The van der Waals surface area contributed by atoms with Crippen LogP contribution in [0.25, 0.3) is 0 Å². The topological polar surface area (TPSA) is 53.9 Å². The van der Waals surface area contributed by atoms with Gasteiger partial charge in [0.05, 0.1) is 17.9 Å². The lowest BCUT2D eigenvalue weighted by Gasteiger charge is -2.25. The summed E-state index contributed by atoms with van der Waals surface area (Å²) in [6.07, 6.45) is 0.757. The van der Waals surface area contributed by atoms with Crippen molar-refractivity contribution in [2.24, 2.45) is 0 Å². The van der Waals surface area contributed by atoms with Gasteiger partial charge >= 0.3 is 0 Å². The van der Waals surface area contributed by atoms with E-state index in [0.29, 0.717) is 11.7 Å². The largest absolute Gasteiger partial charge is 0.298 e. The molecule has 0 bridgehead atoms. The summed E-state index contributed by atoms with van der Waals surface area (Å²) in [5.74, 6) is 0. The van der Waals surface area contributed by atoms with E-state index in [1.54, 1.807) is 10.7 Å². The van der Waals surface area contributed by atoms with Crippen molar-refractivity contribution in [2.45, 2.75) is 26.1 Å². The molecule has 0 aliphatic carbocycles. The molecule has 4 rings (SSSR count). The molecule has 0 amide bonds. The van der Waals surface area contributed by atoms with Crippen molar-refractivity contribution >= 4 is 11.6 Å². The minimum Gasteiger partial charge on any atom is -0.298 e. The van der Waals surface area contributed by atoms with Gasteiger partial charge in [0.2, 0.25) is 0 Å². The number of benzene rings is 1. The standard InChI is InChI=1S/C19H19ClN4O/c20-18-8-4-7-15(21-18)12-23-10-9-16-17(13-23)22-24(19(16)25)11-14-5-2-1-3-6-14/h1-8,22H,9-13H2. The quantitative estimate of drug-likeness (QED) is 0.733. The minimum absolute atomic E-state index is 0.0967. The van der Waals surface area contributed by atoms with E-state index in [2.05, 4.69) is 15.0 Å². The van der Waals surface area contributed by atoms with Crippen LogP contribution in [-0.4, -0.2) is 26.2 Å². The molecule has 0 spiro atoms. The van der Waals surface area contributed by atoms with Crippen LogP contribution in [-0.2, 0) is 26.1 Å². The van der Waals surface area contributed by atoms with Gasteiger partial charge in [-0.1, -0.05) is 48.0 Å². The second-order valence-corrected chi connectivity index (χ2v) is 6.75. The van der Waals surface area contributed by atoms with E-state index in [0.717, 1.165) is 48.6 Å². The Morgan fingerprint density at radius 1 is 1.08 bits per heavy atom. The Kier molecular flexibility index (Phi) is 4.42. The summed E-state index contributed by atoms with van der Waals surface area (Å²) in [6.45, 7) is 2.87. The normalized spacial score (nSPS) is 14.4. The summed E-state index contributed by atoms with van der Waals surface area (Å²) in [5, 5.41) is 3.81. The highest BCUT2D eigenvalue weighted by Gasteiger charge is 2.22. The first-order chi connectivity index (χ1) is 12.2. The van der Waals surface area contributed by atoms with Crippen LogP contribution in [0.5, 0.6) is 0 Å². The second-order valence-electron chi connectivity index (χ2n) is 6.36. The van der Waals surface area contributed by atoms with Crippen LogP contribution in [0.4, 0.5) is 0 Å². The molecule has 3 heterocycles. The first-order valence-corrected chi connectivity index (χ1v) is 8.75. The van der Waals surface area contributed by atoms with E-state index in [1.165, 1.54) is 0 Å². The first-order valence-electron chi connectivity index (χ1n) is 8.37. The molecule has 1 N–H and O–H groups in total. The van der Waals surface area contributed by atoms with Gasteiger partial charge in [0, 0.05) is 25.2 Å². The predicted octanol–water partition coefficient (Wildman–Crippen LogP) is 2.83. The molecule has 0 fully saturated rings. The molecular weight excluding hydrogens is 336 g/mol. The third kappa shape index (κ3) is 3.52. The van der Waals surface area contributed by atoms with Gasteiger partial charge in [0.1, 0.15) is 5.15 Å². The fourth-order valence-corrected chi connectivity index (χ4v) is 3.50. The molecule has 1 aliphatic rings. The third-order valence-corrected chi connectivity index (χ3v) is 4.75. The van der Waals surface area contributed by atoms with Crippen molar-refractivity contribution in [3.05, 3.63) is 86.6 Å². The summed E-state index contributed by atoms with van der Waals surface area (Å²) in [4.78, 5) is 19.2. The highest BCUT2D eigenvalue weighted by atomic mass is 35.5. The van der Waals surface area contributed by atoms with E-state index in [-0.39, 0.29) is 5.56 Å².